The number of carbonyl (C=O) groups is 1. The van der Waals surface area contributed by atoms with E-state index in [0.29, 0.717) is 18.1 Å². The second kappa shape index (κ2) is 5.53. The van der Waals surface area contributed by atoms with Crippen molar-refractivity contribution in [2.45, 2.75) is 33.1 Å². The standard InChI is InChI=1S/C13H15N3O2/c1-3-9-6-5-7-14-12(9)13-15-11(18-16-13)8-10(17)4-2/h5-7H,3-4,8H2,1-2H3. The van der Waals surface area contributed by atoms with Gasteiger partial charge >= 0.3 is 0 Å². The fourth-order valence-corrected chi connectivity index (χ4v) is 1.64. The number of carbonyl (C=O) groups excluding carboxylic acids is 1. The summed E-state index contributed by atoms with van der Waals surface area (Å²) in [5.41, 5.74) is 1.78. The van der Waals surface area contributed by atoms with Crippen LogP contribution in [-0.4, -0.2) is 20.9 Å². The summed E-state index contributed by atoms with van der Waals surface area (Å²) >= 11 is 0. The largest absolute Gasteiger partial charge is 0.338 e. The van der Waals surface area contributed by atoms with Gasteiger partial charge in [-0.1, -0.05) is 25.1 Å². The minimum Gasteiger partial charge on any atom is -0.338 e. The molecule has 0 radical (unpaired) electrons. The molecule has 0 aliphatic rings. The molecule has 0 saturated carbocycles. The first kappa shape index (κ1) is 12.4. The monoisotopic (exact) mass is 245 g/mol. The number of hydrogen-bond acceptors (Lipinski definition) is 5. The summed E-state index contributed by atoms with van der Waals surface area (Å²) in [5.74, 6) is 0.887. The van der Waals surface area contributed by atoms with E-state index in [9.17, 15) is 4.79 Å². The van der Waals surface area contributed by atoms with Crippen molar-refractivity contribution in [1.82, 2.24) is 15.1 Å². The maximum atomic E-state index is 11.3. The van der Waals surface area contributed by atoms with Gasteiger partial charge in [-0.2, -0.15) is 4.98 Å². The summed E-state index contributed by atoms with van der Waals surface area (Å²) in [5, 5.41) is 3.88. The second-order valence-corrected chi connectivity index (χ2v) is 3.95. The van der Waals surface area contributed by atoms with Gasteiger partial charge in [0.15, 0.2) is 0 Å². The van der Waals surface area contributed by atoms with Crippen molar-refractivity contribution < 1.29 is 9.32 Å². The van der Waals surface area contributed by atoms with Crippen LogP contribution in [0, 0.1) is 0 Å². The van der Waals surface area contributed by atoms with Crippen molar-refractivity contribution in [2.24, 2.45) is 0 Å². The summed E-state index contributed by atoms with van der Waals surface area (Å²) in [6.45, 7) is 3.86. The number of nitrogens with zero attached hydrogens (tertiary/aromatic N) is 3. The van der Waals surface area contributed by atoms with Gasteiger partial charge in [0, 0.05) is 12.6 Å². The minimum atomic E-state index is 0.0851. The lowest BCUT2D eigenvalue weighted by Crippen LogP contribution is -2.00. The fourth-order valence-electron chi connectivity index (χ4n) is 1.64. The van der Waals surface area contributed by atoms with Crippen molar-refractivity contribution in [2.75, 3.05) is 0 Å². The Labute approximate surface area is 105 Å². The van der Waals surface area contributed by atoms with Crippen LogP contribution in [0.1, 0.15) is 31.7 Å². The predicted molar refractivity (Wildman–Crippen MR) is 65.9 cm³/mol. The molecule has 0 N–H and O–H groups in total. The zero-order chi connectivity index (χ0) is 13.0. The van der Waals surface area contributed by atoms with Gasteiger partial charge in [0.05, 0.1) is 6.42 Å². The van der Waals surface area contributed by atoms with Crippen LogP contribution in [0.15, 0.2) is 22.9 Å². The quantitative estimate of drug-likeness (QED) is 0.807. The van der Waals surface area contributed by atoms with Crippen LogP contribution < -0.4 is 0 Å². The predicted octanol–water partition coefficient (Wildman–Crippen LogP) is 2.22. The fraction of sp³-hybridized carbons (Fsp3) is 0.385. The normalized spacial score (nSPS) is 10.6. The van der Waals surface area contributed by atoms with Crippen molar-refractivity contribution in [3.05, 3.63) is 29.8 Å². The van der Waals surface area contributed by atoms with E-state index in [-0.39, 0.29) is 12.2 Å². The molecule has 0 aromatic carbocycles. The smallest absolute Gasteiger partial charge is 0.234 e. The Hall–Kier alpha value is -2.04. The number of Topliss-reactive ketones (excluding diaryl/α,β-unsaturated/α-hetero) is 1. The van der Waals surface area contributed by atoms with E-state index in [1.165, 1.54) is 0 Å². The first-order valence-electron chi connectivity index (χ1n) is 6.03. The highest BCUT2D eigenvalue weighted by Gasteiger charge is 2.14. The van der Waals surface area contributed by atoms with Crippen molar-refractivity contribution in [3.63, 3.8) is 0 Å². The number of hydrogen-bond donors (Lipinski definition) is 0. The highest BCUT2D eigenvalue weighted by Crippen LogP contribution is 2.18. The molecule has 94 valence electrons. The number of rotatable bonds is 5. The average Bonchev–Trinajstić information content (AvgIpc) is 2.86. The molecular weight excluding hydrogens is 230 g/mol. The molecule has 0 aliphatic heterocycles. The Morgan fingerprint density at radius 3 is 2.94 bits per heavy atom. The van der Waals surface area contributed by atoms with E-state index in [1.807, 2.05) is 26.0 Å². The molecule has 0 bridgehead atoms. The highest BCUT2D eigenvalue weighted by atomic mass is 16.5. The number of pyridine rings is 1. The van der Waals surface area contributed by atoms with Crippen LogP contribution >= 0.6 is 0 Å². The molecule has 2 aromatic heterocycles. The van der Waals surface area contributed by atoms with Gasteiger partial charge < -0.3 is 4.52 Å². The van der Waals surface area contributed by atoms with Gasteiger partial charge in [0.25, 0.3) is 0 Å². The van der Waals surface area contributed by atoms with Gasteiger partial charge in [-0.15, -0.1) is 0 Å². The molecule has 5 heteroatoms. The van der Waals surface area contributed by atoms with E-state index >= 15 is 0 Å². The topological polar surface area (TPSA) is 68.9 Å². The van der Waals surface area contributed by atoms with Crippen LogP contribution in [-0.2, 0) is 17.6 Å². The zero-order valence-corrected chi connectivity index (χ0v) is 10.5. The molecule has 0 fully saturated rings. The third kappa shape index (κ3) is 2.61. The van der Waals surface area contributed by atoms with Crippen molar-refractivity contribution in [1.29, 1.82) is 0 Å². The first-order chi connectivity index (χ1) is 8.74. The summed E-state index contributed by atoms with van der Waals surface area (Å²) in [6, 6.07) is 3.86. The van der Waals surface area contributed by atoms with Crippen LogP contribution in [0.4, 0.5) is 0 Å². The zero-order valence-electron chi connectivity index (χ0n) is 10.5. The third-order valence-corrected chi connectivity index (χ3v) is 2.69. The van der Waals surface area contributed by atoms with Gasteiger partial charge in [0.1, 0.15) is 11.5 Å². The summed E-state index contributed by atoms with van der Waals surface area (Å²) in [7, 11) is 0. The lowest BCUT2D eigenvalue weighted by molar-refractivity contribution is -0.118. The van der Waals surface area contributed by atoms with Gasteiger partial charge in [-0.05, 0) is 18.1 Å². The average molecular weight is 245 g/mol. The molecule has 2 aromatic rings. The Morgan fingerprint density at radius 1 is 1.39 bits per heavy atom. The van der Waals surface area contributed by atoms with Crippen LogP contribution in [0.2, 0.25) is 0 Å². The number of ketones is 1. The Kier molecular flexibility index (Phi) is 3.82. The third-order valence-electron chi connectivity index (χ3n) is 2.69. The molecule has 0 atom stereocenters. The molecule has 0 aliphatic carbocycles. The molecule has 2 rings (SSSR count). The Balaban J connectivity index is 2.26. The molecule has 0 unspecified atom stereocenters. The van der Waals surface area contributed by atoms with Crippen LogP contribution in [0.3, 0.4) is 0 Å². The Bertz CT molecular complexity index is 549. The molecular formula is C13H15N3O2. The summed E-state index contributed by atoms with van der Waals surface area (Å²) < 4.78 is 5.07. The molecule has 5 nitrogen and oxygen atoms in total. The molecule has 0 saturated heterocycles. The maximum Gasteiger partial charge on any atom is 0.234 e. The van der Waals surface area contributed by atoms with E-state index in [2.05, 4.69) is 15.1 Å². The summed E-state index contributed by atoms with van der Waals surface area (Å²) in [4.78, 5) is 19.8. The van der Waals surface area contributed by atoms with Crippen molar-refractivity contribution in [3.8, 4) is 11.5 Å². The maximum absolute atomic E-state index is 11.3. The summed E-state index contributed by atoms with van der Waals surface area (Å²) in [6.07, 6.45) is 3.21. The first-order valence-corrected chi connectivity index (χ1v) is 6.03. The molecule has 2 heterocycles. The second-order valence-electron chi connectivity index (χ2n) is 3.95. The Morgan fingerprint density at radius 2 is 2.22 bits per heavy atom. The van der Waals surface area contributed by atoms with Crippen LogP contribution in [0.5, 0.6) is 0 Å². The molecule has 0 amide bonds. The van der Waals surface area contributed by atoms with E-state index < -0.39 is 0 Å². The van der Waals surface area contributed by atoms with Crippen LogP contribution in [0.25, 0.3) is 11.5 Å². The molecule has 18 heavy (non-hydrogen) atoms. The highest BCUT2D eigenvalue weighted by molar-refractivity contribution is 5.79. The number of aromatic nitrogens is 3. The van der Waals surface area contributed by atoms with Gasteiger partial charge in [0.2, 0.25) is 11.7 Å². The van der Waals surface area contributed by atoms with Gasteiger partial charge in [-0.3, -0.25) is 9.78 Å². The number of aryl methyl sites for hydroxylation is 1. The van der Waals surface area contributed by atoms with Gasteiger partial charge in [-0.25, -0.2) is 0 Å². The lowest BCUT2D eigenvalue weighted by Gasteiger charge is -2.00. The minimum absolute atomic E-state index is 0.0851. The SMILES string of the molecule is CCC(=O)Cc1nc(-c2ncccc2CC)no1. The van der Waals surface area contributed by atoms with E-state index in [4.69, 9.17) is 4.52 Å². The lowest BCUT2D eigenvalue weighted by atomic mass is 10.1. The molecule has 0 spiro atoms. The van der Waals surface area contributed by atoms with E-state index in [0.717, 1.165) is 17.7 Å². The van der Waals surface area contributed by atoms with E-state index in [1.54, 1.807) is 6.20 Å². The van der Waals surface area contributed by atoms with Crippen molar-refractivity contribution >= 4 is 5.78 Å².